The van der Waals surface area contributed by atoms with E-state index >= 15 is 0 Å². The lowest BCUT2D eigenvalue weighted by Crippen LogP contribution is -2.22. The summed E-state index contributed by atoms with van der Waals surface area (Å²) in [4.78, 5) is 22.9. The number of hydrogen-bond donors (Lipinski definition) is 0. The largest absolute Gasteiger partial charge is 0.469 e. The van der Waals surface area contributed by atoms with Crippen LogP contribution in [0.25, 0.3) is 0 Å². The summed E-state index contributed by atoms with van der Waals surface area (Å²) in [6.45, 7) is 0. The molecule has 0 saturated heterocycles. The van der Waals surface area contributed by atoms with Gasteiger partial charge >= 0.3 is 11.9 Å². The summed E-state index contributed by atoms with van der Waals surface area (Å²) in [5.41, 5.74) is 0.995. The van der Waals surface area contributed by atoms with Gasteiger partial charge in [-0.2, -0.15) is 0 Å². The molecule has 0 aromatic heterocycles. The quantitative estimate of drug-likeness (QED) is 0.595. The van der Waals surface area contributed by atoms with Gasteiger partial charge in [0.1, 0.15) is 0 Å². The molecule has 0 N–H and O–H groups in total. The maximum absolute atomic E-state index is 11.6. The van der Waals surface area contributed by atoms with Gasteiger partial charge in [-0.3, -0.25) is 9.59 Å². The summed E-state index contributed by atoms with van der Waals surface area (Å²) in [6.07, 6.45) is 0.508. The highest BCUT2D eigenvalue weighted by Crippen LogP contribution is 2.16. The van der Waals surface area contributed by atoms with Crippen molar-refractivity contribution in [3.8, 4) is 0 Å². The minimum absolute atomic E-state index is 0.0369. The lowest BCUT2D eigenvalue weighted by molar-refractivity contribution is -0.151. The molecule has 1 unspecified atom stereocenters. The zero-order valence-corrected chi connectivity index (χ0v) is 12.5. The number of hydrogen-bond acceptors (Lipinski definition) is 4. The normalized spacial score (nSPS) is 11.7. The first-order valence-electron chi connectivity index (χ1n) is 5.46. The molecule has 0 fully saturated rings. The minimum atomic E-state index is -0.498. The molecular weight excluding hydrogens is 347 g/mol. The van der Waals surface area contributed by atoms with E-state index in [0.29, 0.717) is 6.42 Å². The van der Waals surface area contributed by atoms with E-state index in [-0.39, 0.29) is 12.4 Å². The van der Waals surface area contributed by atoms with Crippen LogP contribution < -0.4 is 0 Å². The SMILES string of the molecule is COC(=O)CC(Cc1ccc(I)cc1)C(=O)OC. The van der Waals surface area contributed by atoms with E-state index in [0.717, 1.165) is 9.13 Å². The molecular formula is C13H15IO4. The van der Waals surface area contributed by atoms with Crippen molar-refractivity contribution in [3.05, 3.63) is 33.4 Å². The van der Waals surface area contributed by atoms with Crippen LogP contribution in [-0.2, 0) is 25.5 Å². The number of carbonyl (C=O) groups excluding carboxylic acids is 2. The molecule has 1 aromatic rings. The summed E-state index contributed by atoms with van der Waals surface area (Å²) in [6, 6.07) is 7.80. The number of benzene rings is 1. The fraction of sp³-hybridized carbons (Fsp3) is 0.385. The van der Waals surface area contributed by atoms with Crippen LogP contribution in [-0.4, -0.2) is 26.2 Å². The van der Waals surface area contributed by atoms with Gasteiger partial charge in [0.25, 0.3) is 0 Å². The van der Waals surface area contributed by atoms with Crippen molar-refractivity contribution in [1.82, 2.24) is 0 Å². The summed E-state index contributed by atoms with van der Waals surface area (Å²) in [7, 11) is 2.63. The number of methoxy groups -OCH3 is 2. The Morgan fingerprint density at radius 3 is 2.28 bits per heavy atom. The molecule has 0 spiro atoms. The molecule has 5 heteroatoms. The molecule has 0 saturated carbocycles. The molecule has 0 heterocycles. The van der Waals surface area contributed by atoms with Crippen LogP contribution in [0.1, 0.15) is 12.0 Å². The fourth-order valence-corrected chi connectivity index (χ4v) is 1.95. The molecule has 0 radical (unpaired) electrons. The maximum atomic E-state index is 11.6. The van der Waals surface area contributed by atoms with Crippen molar-refractivity contribution in [2.24, 2.45) is 5.92 Å². The monoisotopic (exact) mass is 362 g/mol. The van der Waals surface area contributed by atoms with Crippen molar-refractivity contribution in [3.63, 3.8) is 0 Å². The van der Waals surface area contributed by atoms with Crippen LogP contribution in [0.3, 0.4) is 0 Å². The first-order valence-corrected chi connectivity index (χ1v) is 6.53. The van der Waals surface area contributed by atoms with Crippen molar-refractivity contribution < 1.29 is 19.1 Å². The first-order chi connectivity index (χ1) is 8.56. The average molecular weight is 362 g/mol. The Labute approximate surface area is 120 Å². The van der Waals surface area contributed by atoms with E-state index < -0.39 is 11.9 Å². The van der Waals surface area contributed by atoms with Gasteiger partial charge in [-0.05, 0) is 46.7 Å². The van der Waals surface area contributed by atoms with Crippen molar-refractivity contribution >= 4 is 34.5 Å². The Balaban J connectivity index is 2.74. The van der Waals surface area contributed by atoms with Crippen LogP contribution >= 0.6 is 22.6 Å². The van der Waals surface area contributed by atoms with Crippen LogP contribution in [0.5, 0.6) is 0 Å². The number of esters is 2. The van der Waals surface area contributed by atoms with Gasteiger partial charge in [0.05, 0.1) is 26.6 Å². The second-order valence-electron chi connectivity index (χ2n) is 3.83. The van der Waals surface area contributed by atoms with E-state index in [4.69, 9.17) is 4.74 Å². The second kappa shape index (κ2) is 7.35. The number of ether oxygens (including phenoxy) is 2. The van der Waals surface area contributed by atoms with E-state index in [9.17, 15) is 9.59 Å². The van der Waals surface area contributed by atoms with Crippen LogP contribution in [0.2, 0.25) is 0 Å². The third-order valence-electron chi connectivity index (χ3n) is 2.57. The van der Waals surface area contributed by atoms with E-state index in [2.05, 4.69) is 27.3 Å². The smallest absolute Gasteiger partial charge is 0.309 e. The van der Waals surface area contributed by atoms with Crippen molar-refractivity contribution in [2.75, 3.05) is 14.2 Å². The van der Waals surface area contributed by atoms with Crippen molar-refractivity contribution in [1.29, 1.82) is 0 Å². The van der Waals surface area contributed by atoms with Crippen LogP contribution in [0, 0.1) is 9.49 Å². The predicted molar refractivity (Wildman–Crippen MR) is 75.0 cm³/mol. The van der Waals surface area contributed by atoms with Gasteiger partial charge in [-0.15, -0.1) is 0 Å². The molecule has 0 amide bonds. The Hall–Kier alpha value is -1.11. The highest BCUT2D eigenvalue weighted by molar-refractivity contribution is 14.1. The Bertz CT molecular complexity index is 414. The Morgan fingerprint density at radius 2 is 1.78 bits per heavy atom. The van der Waals surface area contributed by atoms with E-state index in [1.165, 1.54) is 14.2 Å². The molecule has 18 heavy (non-hydrogen) atoms. The van der Waals surface area contributed by atoms with Gasteiger partial charge in [0.15, 0.2) is 0 Å². The van der Waals surface area contributed by atoms with Gasteiger partial charge in [-0.1, -0.05) is 12.1 Å². The predicted octanol–water partition coefficient (Wildman–Crippen LogP) is 2.19. The third-order valence-corrected chi connectivity index (χ3v) is 3.29. The summed E-state index contributed by atoms with van der Waals surface area (Å²) in [5, 5.41) is 0. The van der Waals surface area contributed by atoms with Crippen LogP contribution in [0.15, 0.2) is 24.3 Å². The molecule has 0 aliphatic carbocycles. The second-order valence-corrected chi connectivity index (χ2v) is 5.08. The zero-order valence-electron chi connectivity index (χ0n) is 10.3. The highest BCUT2D eigenvalue weighted by Gasteiger charge is 2.23. The first kappa shape index (κ1) is 14.9. The molecule has 98 valence electrons. The van der Waals surface area contributed by atoms with Gasteiger partial charge in [-0.25, -0.2) is 0 Å². The van der Waals surface area contributed by atoms with Crippen LogP contribution in [0.4, 0.5) is 0 Å². The van der Waals surface area contributed by atoms with E-state index in [1.807, 2.05) is 24.3 Å². The number of rotatable bonds is 5. The molecule has 1 atom stereocenters. The lowest BCUT2D eigenvalue weighted by atomic mass is 9.96. The number of halogens is 1. The molecule has 1 aromatic carbocycles. The molecule has 1 rings (SSSR count). The summed E-state index contributed by atoms with van der Waals surface area (Å²) < 4.78 is 10.4. The third kappa shape index (κ3) is 4.64. The molecule has 0 bridgehead atoms. The van der Waals surface area contributed by atoms with Gasteiger partial charge < -0.3 is 9.47 Å². The summed E-state index contributed by atoms with van der Waals surface area (Å²) >= 11 is 2.21. The lowest BCUT2D eigenvalue weighted by Gasteiger charge is -2.13. The minimum Gasteiger partial charge on any atom is -0.469 e. The highest BCUT2D eigenvalue weighted by atomic mass is 127. The average Bonchev–Trinajstić information content (AvgIpc) is 2.39. The Kier molecular flexibility index (Phi) is 6.11. The van der Waals surface area contributed by atoms with Crippen molar-refractivity contribution in [2.45, 2.75) is 12.8 Å². The standard InChI is InChI=1S/C13H15IO4/c1-17-12(15)8-10(13(16)18-2)7-9-3-5-11(14)6-4-9/h3-6,10H,7-8H2,1-2H3. The maximum Gasteiger partial charge on any atom is 0.309 e. The van der Waals surface area contributed by atoms with Gasteiger partial charge in [0.2, 0.25) is 0 Å². The molecule has 0 aliphatic heterocycles. The topological polar surface area (TPSA) is 52.6 Å². The summed E-state index contributed by atoms with van der Waals surface area (Å²) in [5.74, 6) is -1.29. The fourth-order valence-electron chi connectivity index (χ4n) is 1.60. The zero-order chi connectivity index (χ0) is 13.5. The Morgan fingerprint density at radius 1 is 1.17 bits per heavy atom. The number of carbonyl (C=O) groups is 2. The van der Waals surface area contributed by atoms with E-state index in [1.54, 1.807) is 0 Å². The molecule has 4 nitrogen and oxygen atoms in total. The van der Waals surface area contributed by atoms with Gasteiger partial charge in [0, 0.05) is 3.57 Å². The molecule has 0 aliphatic rings.